The number of aliphatic carboxylic acids is 1. The molecule has 1 aromatic rings. The van der Waals surface area contributed by atoms with Gasteiger partial charge in [-0.25, -0.2) is 4.79 Å². The van der Waals surface area contributed by atoms with Gasteiger partial charge < -0.3 is 21.1 Å². The number of hydrogen-bond acceptors (Lipinski definition) is 3. The molecular formula is C13H17N3O4. The number of hydrogen-bond donors (Lipinski definition) is 4. The summed E-state index contributed by atoms with van der Waals surface area (Å²) in [5.74, 6) is -1.71. The second-order valence-electron chi connectivity index (χ2n) is 4.03. The Bertz CT molecular complexity index is 485. The lowest BCUT2D eigenvalue weighted by atomic mass is 10.1. The van der Waals surface area contributed by atoms with Crippen molar-refractivity contribution in [3.63, 3.8) is 0 Å². The first-order chi connectivity index (χ1) is 9.51. The number of anilines is 1. The van der Waals surface area contributed by atoms with Gasteiger partial charge in [-0.3, -0.25) is 9.59 Å². The maximum atomic E-state index is 11.5. The summed E-state index contributed by atoms with van der Waals surface area (Å²) in [5.41, 5.74) is 1.77. The van der Waals surface area contributed by atoms with Crippen LogP contribution in [0.25, 0.3) is 0 Å². The molecular weight excluding hydrogens is 262 g/mol. The van der Waals surface area contributed by atoms with Gasteiger partial charge in [-0.1, -0.05) is 19.1 Å². The molecule has 0 heterocycles. The van der Waals surface area contributed by atoms with E-state index in [9.17, 15) is 14.4 Å². The van der Waals surface area contributed by atoms with Crippen LogP contribution < -0.4 is 16.0 Å². The Balaban J connectivity index is 2.32. The van der Waals surface area contributed by atoms with Crippen molar-refractivity contribution in [3.8, 4) is 0 Å². The van der Waals surface area contributed by atoms with Gasteiger partial charge in [0.05, 0.1) is 6.54 Å². The van der Waals surface area contributed by atoms with E-state index in [0.717, 1.165) is 12.0 Å². The average Bonchev–Trinajstić information content (AvgIpc) is 2.43. The monoisotopic (exact) mass is 279 g/mol. The molecule has 7 heteroatoms. The fourth-order valence-corrected chi connectivity index (χ4v) is 1.40. The van der Waals surface area contributed by atoms with Gasteiger partial charge in [-0.15, -0.1) is 0 Å². The average molecular weight is 279 g/mol. The van der Waals surface area contributed by atoms with E-state index in [-0.39, 0.29) is 6.54 Å². The molecule has 108 valence electrons. The Labute approximate surface area is 116 Å². The molecule has 0 unspecified atom stereocenters. The molecule has 0 fully saturated rings. The molecule has 20 heavy (non-hydrogen) atoms. The molecule has 7 nitrogen and oxygen atoms in total. The summed E-state index contributed by atoms with van der Waals surface area (Å²) in [6, 6.07) is 6.80. The summed E-state index contributed by atoms with van der Waals surface area (Å²) < 4.78 is 0. The van der Waals surface area contributed by atoms with Gasteiger partial charge in [0.25, 0.3) is 0 Å². The zero-order chi connectivity index (χ0) is 15.0. The number of nitrogens with one attached hydrogen (secondary N) is 3. The van der Waals surface area contributed by atoms with Crippen LogP contribution in [0.5, 0.6) is 0 Å². The molecule has 0 saturated carbocycles. The summed E-state index contributed by atoms with van der Waals surface area (Å²) in [5, 5.41) is 15.4. The standard InChI is InChI=1S/C13H17N3O4/c1-2-9-3-5-10(6-4-9)16-13(20)15-7-11(17)14-8-12(18)19/h3-6H,2,7-8H2,1H3,(H,14,17)(H,18,19)(H2,15,16,20). The molecule has 0 aliphatic rings. The topological polar surface area (TPSA) is 108 Å². The van der Waals surface area contributed by atoms with Crippen LogP contribution in [-0.4, -0.2) is 36.1 Å². The van der Waals surface area contributed by atoms with Crippen molar-refractivity contribution in [1.82, 2.24) is 10.6 Å². The van der Waals surface area contributed by atoms with Crippen LogP contribution in [0.2, 0.25) is 0 Å². The Morgan fingerprint density at radius 3 is 2.25 bits per heavy atom. The smallest absolute Gasteiger partial charge is 0.322 e. The van der Waals surface area contributed by atoms with Crippen molar-refractivity contribution in [2.45, 2.75) is 13.3 Å². The summed E-state index contributed by atoms with van der Waals surface area (Å²) in [7, 11) is 0. The fourth-order valence-electron chi connectivity index (χ4n) is 1.40. The first-order valence-electron chi connectivity index (χ1n) is 6.13. The number of rotatable bonds is 6. The van der Waals surface area contributed by atoms with E-state index in [0.29, 0.717) is 5.69 Å². The van der Waals surface area contributed by atoms with Crippen molar-refractivity contribution < 1.29 is 19.5 Å². The van der Waals surface area contributed by atoms with Gasteiger partial charge >= 0.3 is 12.0 Å². The predicted octanol–water partition coefficient (Wildman–Crippen LogP) is 0.571. The third-order valence-corrected chi connectivity index (χ3v) is 2.47. The molecule has 1 rings (SSSR count). The molecule has 0 spiro atoms. The summed E-state index contributed by atoms with van der Waals surface area (Å²) >= 11 is 0. The molecule has 3 amide bonds. The highest BCUT2D eigenvalue weighted by Gasteiger charge is 2.06. The second kappa shape index (κ2) is 7.78. The zero-order valence-electron chi connectivity index (χ0n) is 11.1. The van der Waals surface area contributed by atoms with Crippen LogP contribution in [-0.2, 0) is 16.0 Å². The van der Waals surface area contributed by atoms with Gasteiger partial charge in [0.2, 0.25) is 5.91 Å². The van der Waals surface area contributed by atoms with Gasteiger partial charge in [-0.05, 0) is 24.1 Å². The number of amides is 3. The fraction of sp³-hybridized carbons (Fsp3) is 0.308. The summed E-state index contributed by atoms with van der Waals surface area (Å²) in [6.07, 6.45) is 0.913. The van der Waals surface area contributed by atoms with Crippen molar-refractivity contribution in [2.75, 3.05) is 18.4 Å². The Kier molecular flexibility index (Phi) is 6.02. The highest BCUT2D eigenvalue weighted by atomic mass is 16.4. The molecule has 0 aliphatic heterocycles. The van der Waals surface area contributed by atoms with Gasteiger partial charge in [0, 0.05) is 5.69 Å². The summed E-state index contributed by atoms with van der Waals surface area (Å²) in [4.78, 5) is 32.9. The van der Waals surface area contributed by atoms with E-state index in [1.165, 1.54) is 0 Å². The second-order valence-corrected chi connectivity index (χ2v) is 4.03. The first-order valence-corrected chi connectivity index (χ1v) is 6.13. The largest absolute Gasteiger partial charge is 0.480 e. The number of carbonyl (C=O) groups is 3. The van der Waals surface area contributed by atoms with E-state index in [2.05, 4.69) is 16.0 Å². The van der Waals surface area contributed by atoms with Gasteiger partial charge in [0.15, 0.2) is 0 Å². The van der Waals surface area contributed by atoms with E-state index in [1.54, 1.807) is 12.1 Å². The van der Waals surface area contributed by atoms with E-state index in [1.807, 2.05) is 19.1 Å². The molecule has 0 aromatic heterocycles. The number of carbonyl (C=O) groups excluding carboxylic acids is 2. The van der Waals surface area contributed by atoms with Crippen molar-refractivity contribution in [1.29, 1.82) is 0 Å². The Morgan fingerprint density at radius 1 is 1.05 bits per heavy atom. The Hall–Kier alpha value is -2.57. The molecule has 0 radical (unpaired) electrons. The Morgan fingerprint density at radius 2 is 1.70 bits per heavy atom. The van der Waals surface area contributed by atoms with E-state index >= 15 is 0 Å². The van der Waals surface area contributed by atoms with Gasteiger partial charge in [0.1, 0.15) is 6.54 Å². The number of carboxylic acids is 1. The molecule has 0 aliphatic carbocycles. The molecule has 1 aromatic carbocycles. The van der Waals surface area contributed by atoms with Crippen LogP contribution >= 0.6 is 0 Å². The summed E-state index contributed by atoms with van der Waals surface area (Å²) in [6.45, 7) is 1.28. The van der Waals surface area contributed by atoms with Crippen molar-refractivity contribution >= 4 is 23.6 Å². The third-order valence-electron chi connectivity index (χ3n) is 2.47. The lowest BCUT2D eigenvalue weighted by Gasteiger charge is -2.08. The van der Waals surface area contributed by atoms with Crippen molar-refractivity contribution in [3.05, 3.63) is 29.8 Å². The number of aryl methyl sites for hydroxylation is 1. The first kappa shape index (κ1) is 15.5. The quantitative estimate of drug-likeness (QED) is 0.610. The lowest BCUT2D eigenvalue weighted by Crippen LogP contribution is -2.40. The normalized spacial score (nSPS) is 9.65. The minimum absolute atomic E-state index is 0.286. The predicted molar refractivity (Wildman–Crippen MR) is 73.5 cm³/mol. The van der Waals surface area contributed by atoms with Crippen LogP contribution in [0.3, 0.4) is 0 Å². The molecule has 4 N–H and O–H groups in total. The number of benzene rings is 1. The van der Waals surface area contributed by atoms with E-state index in [4.69, 9.17) is 5.11 Å². The maximum Gasteiger partial charge on any atom is 0.322 e. The van der Waals surface area contributed by atoms with Crippen LogP contribution in [0.4, 0.5) is 10.5 Å². The van der Waals surface area contributed by atoms with Crippen LogP contribution in [0, 0.1) is 0 Å². The van der Waals surface area contributed by atoms with Crippen molar-refractivity contribution in [2.24, 2.45) is 0 Å². The SMILES string of the molecule is CCc1ccc(NC(=O)NCC(=O)NCC(=O)O)cc1. The highest BCUT2D eigenvalue weighted by molar-refractivity contribution is 5.92. The zero-order valence-corrected chi connectivity index (χ0v) is 11.1. The maximum absolute atomic E-state index is 11.5. The minimum atomic E-state index is -1.14. The highest BCUT2D eigenvalue weighted by Crippen LogP contribution is 2.09. The van der Waals surface area contributed by atoms with Crippen LogP contribution in [0.1, 0.15) is 12.5 Å². The minimum Gasteiger partial charge on any atom is -0.480 e. The number of urea groups is 1. The van der Waals surface area contributed by atoms with Gasteiger partial charge in [-0.2, -0.15) is 0 Å². The third kappa shape index (κ3) is 5.85. The lowest BCUT2D eigenvalue weighted by molar-refractivity contribution is -0.137. The molecule has 0 bridgehead atoms. The van der Waals surface area contributed by atoms with Crippen LogP contribution in [0.15, 0.2) is 24.3 Å². The van der Waals surface area contributed by atoms with E-state index < -0.39 is 24.5 Å². The molecule has 0 saturated heterocycles. The number of carboxylic acid groups (broad SMARTS) is 1. The molecule has 0 atom stereocenters.